The Morgan fingerprint density at radius 1 is 1.17 bits per heavy atom. The number of aromatic nitrogens is 2. The number of aryl methyl sites for hydroxylation is 1. The normalized spacial score (nSPS) is 10.4. The van der Waals surface area contributed by atoms with Crippen molar-refractivity contribution in [1.82, 2.24) is 10.2 Å². The molecule has 2 N–H and O–H groups in total. The molecule has 4 heteroatoms. The third-order valence-electron chi connectivity index (χ3n) is 2.82. The molecule has 2 rings (SSSR count). The summed E-state index contributed by atoms with van der Waals surface area (Å²) in [6.07, 6.45) is 0. The van der Waals surface area contributed by atoms with Crippen molar-refractivity contribution < 1.29 is 0 Å². The van der Waals surface area contributed by atoms with Gasteiger partial charge in [-0.3, -0.25) is 0 Å². The van der Waals surface area contributed by atoms with Crippen LogP contribution in [0, 0.1) is 6.92 Å². The number of anilines is 1. The van der Waals surface area contributed by atoms with Gasteiger partial charge in [0.25, 0.3) is 0 Å². The lowest BCUT2D eigenvalue weighted by Gasteiger charge is -2.16. The fraction of sp³-hybridized carbons (Fsp3) is 0.286. The van der Waals surface area contributed by atoms with Crippen LogP contribution in [0.4, 0.5) is 5.82 Å². The summed E-state index contributed by atoms with van der Waals surface area (Å²) >= 11 is 0. The highest BCUT2D eigenvalue weighted by molar-refractivity contribution is 5.60. The number of nitrogens with two attached hydrogens (primary N) is 1. The zero-order valence-corrected chi connectivity index (χ0v) is 10.8. The van der Waals surface area contributed by atoms with E-state index in [2.05, 4.69) is 29.3 Å². The second kappa shape index (κ2) is 5.60. The van der Waals surface area contributed by atoms with Crippen LogP contribution in [0.25, 0.3) is 11.3 Å². The smallest absolute Gasteiger partial charge is 0.151 e. The molecule has 0 aliphatic heterocycles. The van der Waals surface area contributed by atoms with Gasteiger partial charge in [0.2, 0.25) is 0 Å². The summed E-state index contributed by atoms with van der Waals surface area (Å²) in [6, 6.07) is 12.2. The van der Waals surface area contributed by atoms with E-state index in [0.717, 1.165) is 23.6 Å². The third-order valence-corrected chi connectivity index (χ3v) is 2.82. The molecule has 0 bridgehead atoms. The Morgan fingerprint density at radius 3 is 2.61 bits per heavy atom. The zero-order chi connectivity index (χ0) is 13.0. The second-order valence-corrected chi connectivity index (χ2v) is 4.36. The molecule has 94 valence electrons. The highest BCUT2D eigenvalue weighted by atomic mass is 15.2. The molecule has 1 heterocycles. The van der Waals surface area contributed by atoms with E-state index in [1.54, 1.807) is 0 Å². The van der Waals surface area contributed by atoms with Crippen LogP contribution in [0.3, 0.4) is 0 Å². The van der Waals surface area contributed by atoms with Gasteiger partial charge in [0.1, 0.15) is 0 Å². The van der Waals surface area contributed by atoms with Crippen LogP contribution in [0.15, 0.2) is 36.4 Å². The van der Waals surface area contributed by atoms with Crippen molar-refractivity contribution in [2.45, 2.75) is 6.92 Å². The van der Waals surface area contributed by atoms with Gasteiger partial charge < -0.3 is 10.6 Å². The first-order valence-corrected chi connectivity index (χ1v) is 6.02. The molecule has 4 nitrogen and oxygen atoms in total. The van der Waals surface area contributed by atoms with Gasteiger partial charge in [0, 0.05) is 25.7 Å². The predicted molar refractivity (Wildman–Crippen MR) is 74.5 cm³/mol. The third kappa shape index (κ3) is 2.84. The van der Waals surface area contributed by atoms with Crippen molar-refractivity contribution in [1.29, 1.82) is 0 Å². The van der Waals surface area contributed by atoms with Gasteiger partial charge >= 0.3 is 0 Å². The van der Waals surface area contributed by atoms with Crippen molar-refractivity contribution in [3.63, 3.8) is 0 Å². The first-order chi connectivity index (χ1) is 8.70. The number of nitrogens with zero attached hydrogens (tertiary/aromatic N) is 3. The molecule has 1 aromatic heterocycles. The van der Waals surface area contributed by atoms with E-state index in [4.69, 9.17) is 5.73 Å². The molecule has 0 aliphatic rings. The van der Waals surface area contributed by atoms with Crippen LogP contribution in [-0.2, 0) is 0 Å². The van der Waals surface area contributed by atoms with Crippen LogP contribution in [0.2, 0.25) is 0 Å². The molecular formula is C14H18N4. The van der Waals surface area contributed by atoms with Crippen LogP contribution < -0.4 is 10.6 Å². The molecule has 0 unspecified atom stereocenters. The molecule has 0 radical (unpaired) electrons. The monoisotopic (exact) mass is 242 g/mol. The van der Waals surface area contributed by atoms with Crippen molar-refractivity contribution in [3.8, 4) is 11.3 Å². The molecule has 0 fully saturated rings. The molecule has 0 spiro atoms. The predicted octanol–water partition coefficient (Wildman–Crippen LogP) is 1.85. The van der Waals surface area contributed by atoms with E-state index in [1.165, 1.54) is 5.56 Å². The molecule has 0 saturated heterocycles. The average molecular weight is 242 g/mol. The Morgan fingerprint density at radius 2 is 2.00 bits per heavy atom. The lowest BCUT2D eigenvalue weighted by atomic mass is 10.1. The standard InChI is InChI=1S/C14H18N4/c1-11-4-3-5-12(10-11)13-6-7-14(17-16-13)18(2)9-8-15/h3-7,10H,8-9,15H2,1-2H3. The molecule has 0 saturated carbocycles. The van der Waals surface area contributed by atoms with Crippen molar-refractivity contribution in [2.75, 3.05) is 25.0 Å². The number of rotatable bonds is 4. The van der Waals surface area contributed by atoms with Crippen molar-refractivity contribution >= 4 is 5.82 Å². The number of benzene rings is 1. The fourth-order valence-electron chi connectivity index (χ4n) is 1.80. The van der Waals surface area contributed by atoms with Crippen LogP contribution in [-0.4, -0.2) is 30.3 Å². The molecule has 2 aromatic rings. The van der Waals surface area contributed by atoms with Gasteiger partial charge in [-0.05, 0) is 25.1 Å². The number of likely N-dealkylation sites (N-methyl/N-ethyl adjacent to an activating group) is 1. The topological polar surface area (TPSA) is 55.0 Å². The number of hydrogen-bond acceptors (Lipinski definition) is 4. The van der Waals surface area contributed by atoms with E-state index in [-0.39, 0.29) is 0 Å². The molecule has 0 atom stereocenters. The molecule has 1 aromatic carbocycles. The molecule has 0 amide bonds. The maximum atomic E-state index is 5.51. The quantitative estimate of drug-likeness (QED) is 0.889. The summed E-state index contributed by atoms with van der Waals surface area (Å²) < 4.78 is 0. The summed E-state index contributed by atoms with van der Waals surface area (Å²) in [5, 5.41) is 8.48. The van der Waals surface area contributed by atoms with E-state index >= 15 is 0 Å². The summed E-state index contributed by atoms with van der Waals surface area (Å²) in [5.41, 5.74) is 8.72. The molecule has 0 aliphatic carbocycles. The highest BCUT2D eigenvalue weighted by Gasteiger charge is 2.04. The molecule has 18 heavy (non-hydrogen) atoms. The first-order valence-electron chi connectivity index (χ1n) is 6.02. The van der Waals surface area contributed by atoms with E-state index < -0.39 is 0 Å². The van der Waals surface area contributed by atoms with Crippen molar-refractivity contribution in [3.05, 3.63) is 42.0 Å². The van der Waals surface area contributed by atoms with Crippen LogP contribution in [0.5, 0.6) is 0 Å². The van der Waals surface area contributed by atoms with E-state index in [9.17, 15) is 0 Å². The van der Waals surface area contributed by atoms with Gasteiger partial charge in [0.15, 0.2) is 5.82 Å². The fourth-order valence-corrected chi connectivity index (χ4v) is 1.80. The summed E-state index contributed by atoms with van der Waals surface area (Å²) in [5.74, 6) is 0.844. The van der Waals surface area contributed by atoms with Gasteiger partial charge in [-0.15, -0.1) is 10.2 Å². The van der Waals surface area contributed by atoms with Gasteiger partial charge in [0.05, 0.1) is 5.69 Å². The molecular weight excluding hydrogens is 224 g/mol. The SMILES string of the molecule is Cc1cccc(-c2ccc(N(C)CCN)nn2)c1. The zero-order valence-electron chi connectivity index (χ0n) is 10.8. The highest BCUT2D eigenvalue weighted by Crippen LogP contribution is 2.18. The average Bonchev–Trinajstić information content (AvgIpc) is 2.39. The van der Waals surface area contributed by atoms with Gasteiger partial charge in [-0.1, -0.05) is 23.8 Å². The maximum absolute atomic E-state index is 5.51. The second-order valence-electron chi connectivity index (χ2n) is 4.36. The Hall–Kier alpha value is -1.94. The summed E-state index contributed by atoms with van der Waals surface area (Å²) in [6.45, 7) is 3.45. The Bertz CT molecular complexity index is 507. The lowest BCUT2D eigenvalue weighted by molar-refractivity contribution is 0.848. The Labute approximate surface area is 107 Å². The van der Waals surface area contributed by atoms with Crippen LogP contribution in [0.1, 0.15) is 5.56 Å². The van der Waals surface area contributed by atoms with Crippen molar-refractivity contribution in [2.24, 2.45) is 5.73 Å². The Kier molecular flexibility index (Phi) is 3.89. The van der Waals surface area contributed by atoms with E-state index in [1.807, 2.05) is 36.2 Å². The Balaban J connectivity index is 2.22. The number of hydrogen-bond donors (Lipinski definition) is 1. The van der Waals surface area contributed by atoms with E-state index in [0.29, 0.717) is 6.54 Å². The largest absolute Gasteiger partial charge is 0.357 e. The van der Waals surface area contributed by atoms with Crippen LogP contribution >= 0.6 is 0 Å². The summed E-state index contributed by atoms with van der Waals surface area (Å²) in [4.78, 5) is 1.99. The van der Waals surface area contributed by atoms with Gasteiger partial charge in [-0.25, -0.2) is 0 Å². The minimum atomic E-state index is 0.609. The van der Waals surface area contributed by atoms with Gasteiger partial charge in [-0.2, -0.15) is 0 Å². The minimum Gasteiger partial charge on any atom is -0.357 e. The summed E-state index contributed by atoms with van der Waals surface area (Å²) in [7, 11) is 1.96. The maximum Gasteiger partial charge on any atom is 0.151 e. The lowest BCUT2D eigenvalue weighted by Crippen LogP contribution is -2.25. The first kappa shape index (κ1) is 12.5. The minimum absolute atomic E-state index is 0.609.